The molecule has 5 rings (SSSR count). The van der Waals surface area contributed by atoms with Gasteiger partial charge < -0.3 is 9.11 Å². The number of aromatic nitrogens is 2. The van der Waals surface area contributed by atoms with E-state index in [4.69, 9.17) is 0 Å². The quantitative estimate of drug-likeness (QED) is 0.151. The van der Waals surface area contributed by atoms with Crippen LogP contribution in [-0.2, 0) is 27.9 Å². The van der Waals surface area contributed by atoms with Crippen molar-refractivity contribution in [1.29, 1.82) is 0 Å². The normalized spacial score (nSPS) is 14.3. The maximum atomic E-state index is 11.4. The molecular formula is C30H24N2O4S3-2. The molecule has 2 aromatic heterocycles. The van der Waals surface area contributed by atoms with Gasteiger partial charge in [0.05, 0.1) is 5.52 Å². The third-order valence-corrected chi connectivity index (χ3v) is 8.55. The highest BCUT2D eigenvalue weighted by Gasteiger charge is 2.14. The summed E-state index contributed by atoms with van der Waals surface area (Å²) in [5.74, 6) is -0.133. The Morgan fingerprint density at radius 2 is 1.77 bits per heavy atom. The van der Waals surface area contributed by atoms with Crippen LogP contribution >= 0.6 is 11.3 Å². The molecule has 0 aliphatic heterocycles. The van der Waals surface area contributed by atoms with Gasteiger partial charge in [-0.3, -0.25) is 13.4 Å². The van der Waals surface area contributed by atoms with E-state index in [1.807, 2.05) is 79.0 Å². The Bertz CT molecular complexity index is 1680. The lowest BCUT2D eigenvalue weighted by atomic mass is 9.93. The van der Waals surface area contributed by atoms with Crippen molar-refractivity contribution in [1.82, 2.24) is 9.97 Å². The lowest BCUT2D eigenvalue weighted by molar-refractivity contribution is 0.532. The van der Waals surface area contributed by atoms with Crippen molar-refractivity contribution in [3.63, 3.8) is 0 Å². The number of rotatable bonds is 9. The first-order chi connectivity index (χ1) is 18.9. The third-order valence-electron chi connectivity index (χ3n) is 6.40. The van der Waals surface area contributed by atoms with Crippen molar-refractivity contribution in [2.24, 2.45) is 0 Å². The zero-order valence-electron chi connectivity index (χ0n) is 21.0. The van der Waals surface area contributed by atoms with Crippen LogP contribution in [0.15, 0.2) is 90.6 Å². The first-order valence-corrected chi connectivity index (χ1v) is 15.6. The fourth-order valence-corrected chi connectivity index (χ4v) is 6.27. The van der Waals surface area contributed by atoms with Crippen molar-refractivity contribution in [2.75, 3.05) is 5.75 Å². The van der Waals surface area contributed by atoms with E-state index >= 15 is 0 Å². The van der Waals surface area contributed by atoms with Crippen molar-refractivity contribution in [2.45, 2.75) is 18.6 Å². The Morgan fingerprint density at radius 1 is 0.949 bits per heavy atom. The van der Waals surface area contributed by atoms with Gasteiger partial charge in [0, 0.05) is 45.8 Å². The lowest BCUT2D eigenvalue weighted by Crippen LogP contribution is -2.06. The minimum atomic E-state index is -2.14. The molecule has 39 heavy (non-hydrogen) atoms. The molecule has 6 nitrogen and oxygen atoms in total. The monoisotopic (exact) mass is 572 g/mol. The number of nitrogens with zero attached hydrogens (tertiary/aromatic N) is 2. The summed E-state index contributed by atoms with van der Waals surface area (Å²) in [6.07, 6.45) is 5.60. The zero-order chi connectivity index (χ0) is 27.4. The predicted octanol–water partition coefficient (Wildman–Crippen LogP) is 6.31. The molecule has 0 aliphatic carbocycles. The number of benzene rings is 3. The molecular weight excluding hydrogens is 549 g/mol. The van der Waals surface area contributed by atoms with Crippen LogP contribution in [0.4, 0.5) is 0 Å². The van der Waals surface area contributed by atoms with E-state index in [9.17, 15) is 17.5 Å². The van der Waals surface area contributed by atoms with E-state index in [2.05, 4.69) is 22.1 Å². The molecule has 0 spiro atoms. The lowest BCUT2D eigenvalue weighted by Gasteiger charge is -2.17. The Morgan fingerprint density at radius 3 is 2.49 bits per heavy atom. The highest BCUT2D eigenvalue weighted by Crippen LogP contribution is 2.34. The van der Waals surface area contributed by atoms with Crippen LogP contribution in [0.3, 0.4) is 0 Å². The molecule has 0 fully saturated rings. The second-order valence-electron chi connectivity index (χ2n) is 9.18. The van der Waals surface area contributed by atoms with Crippen molar-refractivity contribution >= 4 is 56.0 Å². The summed E-state index contributed by atoms with van der Waals surface area (Å²) in [6.45, 7) is 1.91. The Hall–Kier alpha value is -3.34. The van der Waals surface area contributed by atoms with Gasteiger partial charge >= 0.3 is 0 Å². The Kier molecular flexibility index (Phi) is 8.54. The Labute approximate surface area is 236 Å². The molecule has 0 bridgehead atoms. The first kappa shape index (κ1) is 27.2. The highest BCUT2D eigenvalue weighted by atomic mass is 32.2. The summed E-state index contributed by atoms with van der Waals surface area (Å²) < 4.78 is 45.0. The molecule has 3 atom stereocenters. The van der Waals surface area contributed by atoms with E-state index in [0.717, 1.165) is 54.9 Å². The van der Waals surface area contributed by atoms with Crippen LogP contribution < -0.4 is 0 Å². The van der Waals surface area contributed by atoms with E-state index in [0.29, 0.717) is 0 Å². The van der Waals surface area contributed by atoms with Crippen LogP contribution in [0.2, 0.25) is 0 Å². The summed E-state index contributed by atoms with van der Waals surface area (Å²) in [5, 5.41) is 3.74. The van der Waals surface area contributed by atoms with Gasteiger partial charge in [-0.2, -0.15) is 0 Å². The highest BCUT2D eigenvalue weighted by molar-refractivity contribution is 7.79. The zero-order valence-corrected chi connectivity index (χ0v) is 23.4. The first-order valence-electron chi connectivity index (χ1n) is 12.2. The van der Waals surface area contributed by atoms with Crippen molar-refractivity contribution in [3.05, 3.63) is 118 Å². The number of fused-ring (bicyclic) bond motifs is 1. The fourth-order valence-electron chi connectivity index (χ4n) is 4.52. The SMILES string of the molecule is CC(CS(=O)[O-])c1cc(-c2cccc(/C=C(\c3ccc(CS(=O)[O-])cc3)c3nccs3)c2)c2ncccc2c1. The topological polar surface area (TPSA) is 106 Å². The predicted molar refractivity (Wildman–Crippen MR) is 158 cm³/mol. The molecule has 9 heteroatoms. The molecule has 198 valence electrons. The van der Waals surface area contributed by atoms with Gasteiger partial charge in [0.1, 0.15) is 5.01 Å². The molecule has 2 heterocycles. The maximum absolute atomic E-state index is 11.4. The van der Waals surface area contributed by atoms with Crippen LogP contribution in [0.1, 0.15) is 40.1 Å². The van der Waals surface area contributed by atoms with Gasteiger partial charge in [-0.05, 0) is 64.1 Å². The molecule has 0 saturated heterocycles. The summed E-state index contributed by atoms with van der Waals surface area (Å²) in [4.78, 5) is 9.16. The van der Waals surface area contributed by atoms with Crippen LogP contribution in [0.5, 0.6) is 0 Å². The van der Waals surface area contributed by atoms with Gasteiger partial charge in [0.25, 0.3) is 0 Å². The third kappa shape index (κ3) is 6.63. The second kappa shape index (κ2) is 12.2. The molecule has 3 aromatic carbocycles. The average molecular weight is 573 g/mol. The number of hydrogen-bond acceptors (Lipinski definition) is 7. The van der Waals surface area contributed by atoms with Gasteiger partial charge in [-0.15, -0.1) is 11.3 Å². The van der Waals surface area contributed by atoms with Gasteiger partial charge in [-0.25, -0.2) is 4.98 Å². The van der Waals surface area contributed by atoms with E-state index in [-0.39, 0.29) is 17.4 Å². The molecule has 5 aromatic rings. The molecule has 0 radical (unpaired) electrons. The van der Waals surface area contributed by atoms with E-state index in [1.165, 1.54) is 11.3 Å². The maximum Gasteiger partial charge on any atom is 0.123 e. The molecule has 3 unspecified atom stereocenters. The van der Waals surface area contributed by atoms with Gasteiger partial charge in [-0.1, -0.05) is 77.6 Å². The second-order valence-corrected chi connectivity index (χ2v) is 11.9. The van der Waals surface area contributed by atoms with Crippen molar-refractivity contribution < 1.29 is 17.5 Å². The van der Waals surface area contributed by atoms with Crippen LogP contribution in [-0.4, -0.2) is 33.2 Å². The average Bonchev–Trinajstić information content (AvgIpc) is 3.46. The molecule has 0 saturated carbocycles. The van der Waals surface area contributed by atoms with Gasteiger partial charge in [0.2, 0.25) is 0 Å². The summed E-state index contributed by atoms with van der Waals surface area (Å²) in [6, 6.07) is 23.5. The number of pyridine rings is 1. The van der Waals surface area contributed by atoms with E-state index in [1.54, 1.807) is 12.4 Å². The van der Waals surface area contributed by atoms with Gasteiger partial charge in [0.15, 0.2) is 0 Å². The molecule has 0 aliphatic rings. The fraction of sp³-hybridized carbons (Fsp3) is 0.133. The molecule has 0 amide bonds. The smallest absolute Gasteiger partial charge is 0.123 e. The number of thiazole rings is 1. The van der Waals surface area contributed by atoms with E-state index < -0.39 is 22.2 Å². The number of hydrogen-bond donors (Lipinski definition) is 0. The van der Waals surface area contributed by atoms with Crippen LogP contribution in [0, 0.1) is 0 Å². The summed E-state index contributed by atoms with van der Waals surface area (Å²) >= 11 is -2.75. The summed E-state index contributed by atoms with van der Waals surface area (Å²) in [7, 11) is 0. The molecule has 0 N–H and O–H groups in total. The minimum Gasteiger partial charge on any atom is -0.772 e. The largest absolute Gasteiger partial charge is 0.772 e. The minimum absolute atomic E-state index is 0.0248. The standard InChI is InChI=1S/C30H26N2O4S3/c1-20(18-38(33)34)26-16-25-6-3-11-31-29(25)27(17-26)24-5-2-4-22(14-24)15-28(30-32-12-13-37-30)23-9-7-21(8-10-23)19-39(35)36/h2-17,20H,18-19H2,1H3,(H,33,34)(H,35,36)/p-2/b28-15+. The Balaban J connectivity index is 1.59. The van der Waals surface area contributed by atoms with Crippen LogP contribution in [0.25, 0.3) is 33.7 Å². The summed E-state index contributed by atoms with van der Waals surface area (Å²) in [5.41, 5.74) is 7.25. The van der Waals surface area contributed by atoms with Crippen molar-refractivity contribution in [3.8, 4) is 11.1 Å².